The van der Waals surface area contributed by atoms with E-state index >= 15 is 0 Å². The minimum Gasteiger partial charge on any atom is -0.229 e. The van der Waals surface area contributed by atoms with Gasteiger partial charge in [0, 0.05) is 5.41 Å². The van der Waals surface area contributed by atoms with E-state index in [2.05, 4.69) is 62.3 Å². The second kappa shape index (κ2) is 4.49. The fourth-order valence-electron chi connectivity index (χ4n) is 3.87. The summed E-state index contributed by atoms with van der Waals surface area (Å²) in [5.41, 5.74) is 0.121. The van der Waals surface area contributed by atoms with E-state index in [-0.39, 0.29) is 27.9 Å². The van der Waals surface area contributed by atoms with Crippen LogP contribution in [0.2, 0.25) is 0 Å². The van der Waals surface area contributed by atoms with Crippen molar-refractivity contribution in [2.24, 2.45) is 16.2 Å². The molecule has 0 aromatic carbocycles. The molecule has 0 aromatic rings. The average molecular weight is 256 g/mol. The second-order valence-corrected chi connectivity index (χ2v) is 8.19. The van der Waals surface area contributed by atoms with Crippen molar-refractivity contribution in [1.82, 2.24) is 0 Å². The Morgan fingerprint density at radius 1 is 0.944 bits per heavy atom. The summed E-state index contributed by atoms with van der Waals surface area (Å²) >= 11 is 0. The second-order valence-electron chi connectivity index (χ2n) is 8.19. The molecule has 2 unspecified atom stereocenters. The Balaban J connectivity index is 3.21. The first kappa shape index (κ1) is 16.0. The highest BCUT2D eigenvalue weighted by molar-refractivity contribution is 5.11. The molecule has 18 heavy (non-hydrogen) atoms. The zero-order valence-electron chi connectivity index (χ0n) is 13.8. The predicted octanol–water partition coefficient (Wildman–Crippen LogP) is 4.97. The van der Waals surface area contributed by atoms with E-state index in [1.165, 1.54) is 0 Å². The number of hydrogen-bond donors (Lipinski definition) is 0. The molecule has 2 atom stereocenters. The molecular formula is C16H32O2. The Kier molecular flexibility index (Phi) is 3.98. The SMILES string of the molecule is CCCC1OOC1(C)C(C)(C(C)(C)C)C(C)(C)C. The van der Waals surface area contributed by atoms with Crippen LogP contribution in [0.4, 0.5) is 0 Å². The first-order valence-electron chi connectivity index (χ1n) is 7.26. The third-order valence-electron chi connectivity index (χ3n) is 5.50. The van der Waals surface area contributed by atoms with Gasteiger partial charge in [-0.1, -0.05) is 61.8 Å². The molecule has 0 spiro atoms. The van der Waals surface area contributed by atoms with Crippen LogP contribution in [0.1, 0.15) is 75.2 Å². The van der Waals surface area contributed by atoms with Gasteiger partial charge in [0.25, 0.3) is 0 Å². The highest BCUT2D eigenvalue weighted by Crippen LogP contribution is 2.63. The largest absolute Gasteiger partial charge is 0.229 e. The zero-order valence-corrected chi connectivity index (χ0v) is 13.8. The minimum atomic E-state index is -0.209. The number of rotatable bonds is 3. The van der Waals surface area contributed by atoms with Crippen LogP contribution in [-0.4, -0.2) is 11.7 Å². The molecule has 0 N–H and O–H groups in total. The highest BCUT2D eigenvalue weighted by Gasteiger charge is 2.67. The number of hydrogen-bond acceptors (Lipinski definition) is 2. The Morgan fingerprint density at radius 3 is 1.61 bits per heavy atom. The van der Waals surface area contributed by atoms with Gasteiger partial charge in [0.2, 0.25) is 0 Å². The molecule has 0 aromatic heterocycles. The van der Waals surface area contributed by atoms with Crippen molar-refractivity contribution < 1.29 is 9.78 Å². The topological polar surface area (TPSA) is 18.5 Å². The van der Waals surface area contributed by atoms with Crippen LogP contribution in [0, 0.1) is 16.2 Å². The molecule has 1 aliphatic heterocycles. The molecule has 0 amide bonds. The predicted molar refractivity (Wildman–Crippen MR) is 76.3 cm³/mol. The molecule has 1 saturated heterocycles. The summed E-state index contributed by atoms with van der Waals surface area (Å²) in [6.45, 7) is 20.7. The molecule has 108 valence electrons. The summed E-state index contributed by atoms with van der Waals surface area (Å²) < 4.78 is 0. The van der Waals surface area contributed by atoms with Gasteiger partial charge in [-0.15, -0.1) is 0 Å². The maximum Gasteiger partial charge on any atom is 0.136 e. The lowest BCUT2D eigenvalue weighted by Gasteiger charge is -2.65. The molecule has 2 nitrogen and oxygen atoms in total. The molecule has 1 rings (SSSR count). The monoisotopic (exact) mass is 256 g/mol. The minimum absolute atomic E-state index is 0.0328. The van der Waals surface area contributed by atoms with Gasteiger partial charge in [-0.3, -0.25) is 0 Å². The lowest BCUT2D eigenvalue weighted by molar-refractivity contribution is -0.541. The van der Waals surface area contributed by atoms with Gasteiger partial charge in [-0.2, -0.15) is 0 Å². The molecule has 0 radical (unpaired) electrons. The van der Waals surface area contributed by atoms with Crippen molar-refractivity contribution >= 4 is 0 Å². The van der Waals surface area contributed by atoms with Crippen molar-refractivity contribution in [1.29, 1.82) is 0 Å². The van der Waals surface area contributed by atoms with Crippen LogP contribution < -0.4 is 0 Å². The first-order chi connectivity index (χ1) is 7.92. The maximum atomic E-state index is 5.70. The summed E-state index contributed by atoms with van der Waals surface area (Å²) in [6, 6.07) is 0. The van der Waals surface area contributed by atoms with Gasteiger partial charge in [0.05, 0.1) is 0 Å². The standard InChI is InChI=1S/C16H32O2/c1-10-11-12-15(8,18-17-12)16(9,13(2,3)4)14(5,6)7/h12H,10-11H2,1-9H3. The Morgan fingerprint density at radius 2 is 1.39 bits per heavy atom. The lowest BCUT2D eigenvalue weighted by Crippen LogP contribution is -2.70. The zero-order chi connectivity index (χ0) is 14.4. The van der Waals surface area contributed by atoms with Gasteiger partial charge in [-0.25, -0.2) is 9.78 Å². The summed E-state index contributed by atoms with van der Waals surface area (Å²) in [5, 5.41) is 0. The smallest absolute Gasteiger partial charge is 0.136 e. The molecule has 1 aliphatic rings. The fourth-order valence-corrected chi connectivity index (χ4v) is 3.87. The fraction of sp³-hybridized carbons (Fsp3) is 1.00. The molecule has 1 fully saturated rings. The van der Waals surface area contributed by atoms with Crippen LogP contribution in [0.15, 0.2) is 0 Å². The van der Waals surface area contributed by atoms with Crippen LogP contribution in [0.3, 0.4) is 0 Å². The molecule has 0 bridgehead atoms. The highest BCUT2D eigenvalue weighted by atomic mass is 17.3. The van der Waals surface area contributed by atoms with Crippen LogP contribution in [0.25, 0.3) is 0 Å². The van der Waals surface area contributed by atoms with Crippen molar-refractivity contribution in [3.63, 3.8) is 0 Å². The Bertz CT molecular complexity index is 281. The van der Waals surface area contributed by atoms with E-state index in [1.54, 1.807) is 0 Å². The molecule has 2 heteroatoms. The van der Waals surface area contributed by atoms with Gasteiger partial charge in [-0.05, 0) is 24.2 Å². The van der Waals surface area contributed by atoms with Gasteiger partial charge >= 0.3 is 0 Å². The van der Waals surface area contributed by atoms with Crippen LogP contribution >= 0.6 is 0 Å². The van der Waals surface area contributed by atoms with Crippen molar-refractivity contribution in [3.8, 4) is 0 Å². The first-order valence-corrected chi connectivity index (χ1v) is 7.26. The maximum absolute atomic E-state index is 5.70. The summed E-state index contributed by atoms with van der Waals surface area (Å²) in [6.07, 6.45) is 2.41. The van der Waals surface area contributed by atoms with Crippen molar-refractivity contribution in [3.05, 3.63) is 0 Å². The van der Waals surface area contributed by atoms with E-state index in [0.29, 0.717) is 0 Å². The van der Waals surface area contributed by atoms with Gasteiger partial charge in [0.1, 0.15) is 11.7 Å². The van der Waals surface area contributed by atoms with Gasteiger partial charge < -0.3 is 0 Å². The van der Waals surface area contributed by atoms with E-state index < -0.39 is 0 Å². The molecule has 1 heterocycles. The van der Waals surface area contributed by atoms with Crippen LogP contribution in [-0.2, 0) is 9.78 Å². The molecule has 0 saturated carbocycles. The van der Waals surface area contributed by atoms with Crippen molar-refractivity contribution in [2.45, 2.75) is 86.9 Å². The van der Waals surface area contributed by atoms with Gasteiger partial charge in [0.15, 0.2) is 0 Å². The van der Waals surface area contributed by atoms with Crippen LogP contribution in [0.5, 0.6) is 0 Å². The van der Waals surface area contributed by atoms with E-state index in [9.17, 15) is 0 Å². The van der Waals surface area contributed by atoms with Crippen molar-refractivity contribution in [2.75, 3.05) is 0 Å². The Hall–Kier alpha value is -0.0800. The van der Waals surface area contributed by atoms with E-state index in [4.69, 9.17) is 9.78 Å². The summed E-state index contributed by atoms with van der Waals surface area (Å²) in [5.74, 6) is 0. The summed E-state index contributed by atoms with van der Waals surface area (Å²) in [7, 11) is 0. The quantitative estimate of drug-likeness (QED) is 0.663. The third kappa shape index (κ3) is 2.02. The lowest BCUT2D eigenvalue weighted by atomic mass is 9.47. The Labute approximate surface area is 113 Å². The van der Waals surface area contributed by atoms with E-state index in [1.807, 2.05) is 0 Å². The van der Waals surface area contributed by atoms with E-state index in [0.717, 1.165) is 12.8 Å². The molecular weight excluding hydrogens is 224 g/mol. The average Bonchev–Trinajstić information content (AvgIpc) is 2.18. The summed E-state index contributed by atoms with van der Waals surface area (Å²) in [4.78, 5) is 11.1. The normalized spacial score (nSPS) is 30.2. The third-order valence-corrected chi connectivity index (χ3v) is 5.50. The molecule has 0 aliphatic carbocycles.